The molecule has 0 spiro atoms. The van der Waals surface area contributed by atoms with Crippen molar-refractivity contribution < 1.29 is 23.6 Å². The topological polar surface area (TPSA) is 87.9 Å². The van der Waals surface area contributed by atoms with Gasteiger partial charge in [-0.1, -0.05) is 103 Å². The zero-order valence-corrected chi connectivity index (χ0v) is 27.8. The molecule has 4 amide bonds. The monoisotopic (exact) mass is 684 g/mol. The zero-order valence-electron chi connectivity index (χ0n) is 27.8. The van der Waals surface area contributed by atoms with Crippen molar-refractivity contribution in [2.75, 3.05) is 9.80 Å². The van der Waals surface area contributed by atoms with E-state index in [1.807, 2.05) is 115 Å². The molecule has 7 nitrogen and oxygen atoms in total. The van der Waals surface area contributed by atoms with Gasteiger partial charge in [-0.2, -0.15) is 0 Å². The molecule has 8 aromatic carbocycles. The van der Waals surface area contributed by atoms with Crippen molar-refractivity contribution in [3.05, 3.63) is 168 Å². The van der Waals surface area contributed by atoms with Gasteiger partial charge in [-0.3, -0.25) is 19.2 Å². The zero-order chi connectivity index (χ0) is 35.5. The second-order valence-electron chi connectivity index (χ2n) is 13.4. The van der Waals surface area contributed by atoms with Crippen molar-refractivity contribution in [2.24, 2.45) is 0 Å². The molecule has 248 valence electrons. The molecule has 0 fully saturated rings. The molecule has 2 aliphatic heterocycles. The minimum atomic E-state index is -0.543. The Labute approximate surface area is 300 Å². The summed E-state index contributed by atoms with van der Waals surface area (Å²) in [7, 11) is 0. The van der Waals surface area contributed by atoms with Crippen molar-refractivity contribution in [2.45, 2.75) is 0 Å². The number of fused-ring (bicyclic) bond motifs is 5. The number of carbonyl (C=O) groups is 4. The molecule has 0 bridgehead atoms. The first-order chi connectivity index (χ1) is 26.0. The number of furan rings is 1. The summed E-state index contributed by atoms with van der Waals surface area (Å²) in [6.45, 7) is 0. The fraction of sp³-hybridized carbons (Fsp3) is 0. The van der Waals surface area contributed by atoms with Crippen molar-refractivity contribution in [3.63, 3.8) is 0 Å². The Hall–Kier alpha value is -7.38. The van der Waals surface area contributed by atoms with E-state index in [4.69, 9.17) is 4.42 Å². The summed E-state index contributed by atoms with van der Waals surface area (Å²) >= 11 is 0. The maximum atomic E-state index is 15.2. The highest BCUT2D eigenvalue weighted by atomic mass is 16.3. The van der Waals surface area contributed by atoms with Gasteiger partial charge in [-0.25, -0.2) is 9.80 Å². The second kappa shape index (κ2) is 10.6. The molecule has 11 rings (SSSR count). The lowest BCUT2D eigenvalue weighted by molar-refractivity contribution is 0.0873. The van der Waals surface area contributed by atoms with Crippen LogP contribution in [0.2, 0.25) is 0 Å². The fourth-order valence-electron chi connectivity index (χ4n) is 8.43. The second-order valence-corrected chi connectivity index (χ2v) is 13.4. The smallest absolute Gasteiger partial charge is 0.266 e. The van der Waals surface area contributed by atoms with Crippen LogP contribution >= 0.6 is 0 Å². The number of para-hydroxylation sites is 1. The maximum absolute atomic E-state index is 15.2. The van der Waals surface area contributed by atoms with Crippen LogP contribution in [0.4, 0.5) is 11.4 Å². The Morgan fingerprint density at radius 2 is 0.868 bits per heavy atom. The van der Waals surface area contributed by atoms with Crippen molar-refractivity contribution in [1.29, 1.82) is 0 Å². The molecule has 2 aliphatic rings. The molecule has 0 saturated carbocycles. The number of benzene rings is 8. The number of nitrogens with zero attached hydrogens (tertiary/aromatic N) is 2. The van der Waals surface area contributed by atoms with Gasteiger partial charge in [0.1, 0.15) is 11.2 Å². The van der Waals surface area contributed by atoms with Crippen LogP contribution in [0.15, 0.2) is 150 Å². The average Bonchev–Trinajstić information content (AvgIpc) is 3.58. The van der Waals surface area contributed by atoms with E-state index in [-0.39, 0.29) is 22.3 Å². The molecular weight excluding hydrogens is 661 g/mol. The van der Waals surface area contributed by atoms with E-state index in [1.165, 1.54) is 9.80 Å². The first-order valence-corrected chi connectivity index (χ1v) is 17.3. The van der Waals surface area contributed by atoms with Crippen LogP contribution in [-0.4, -0.2) is 23.6 Å². The normalized spacial score (nSPS) is 14.1. The number of hydrogen-bond donors (Lipinski definition) is 0. The molecule has 3 heterocycles. The highest BCUT2D eigenvalue weighted by Gasteiger charge is 2.43. The maximum Gasteiger partial charge on any atom is 0.266 e. The minimum absolute atomic E-state index is 0.229. The van der Waals surface area contributed by atoms with Gasteiger partial charge in [-0.15, -0.1) is 0 Å². The van der Waals surface area contributed by atoms with Crippen LogP contribution in [0.1, 0.15) is 41.4 Å². The minimum Gasteiger partial charge on any atom is -0.456 e. The van der Waals surface area contributed by atoms with Crippen molar-refractivity contribution in [3.8, 4) is 11.1 Å². The Kier molecular flexibility index (Phi) is 5.86. The molecule has 7 heteroatoms. The number of rotatable bonds is 3. The Bertz CT molecular complexity index is 3160. The number of amides is 4. The number of anilines is 2. The molecule has 0 atom stereocenters. The standard InChI is InChI=1S/C46H24N2O5/c49-43-31-22-23-32-41-40(31)34(45(51)47(43)35-18-7-12-25-10-1-3-14-27(25)35)24-33(29-17-9-21-38-39(29)30-16-5-6-20-37(30)53-38)42(41)46(52)48(44(32)50)36-19-8-13-26-11-2-4-15-28(26)36/h1-24H. The third-order valence-electron chi connectivity index (χ3n) is 10.7. The molecular formula is C46H24N2O5. The molecule has 0 N–H and O–H groups in total. The summed E-state index contributed by atoms with van der Waals surface area (Å²) in [5.74, 6) is -2.14. The fourth-order valence-corrected chi connectivity index (χ4v) is 8.43. The molecule has 0 aliphatic carbocycles. The lowest BCUT2D eigenvalue weighted by Gasteiger charge is -2.34. The quantitative estimate of drug-likeness (QED) is 0.173. The lowest BCUT2D eigenvalue weighted by atomic mass is 9.81. The first-order valence-electron chi connectivity index (χ1n) is 17.3. The van der Waals surface area contributed by atoms with Gasteiger partial charge in [0, 0.05) is 49.0 Å². The predicted octanol–water partition coefficient (Wildman–Crippen LogP) is 10.3. The van der Waals surface area contributed by atoms with E-state index in [0.717, 1.165) is 32.3 Å². The SMILES string of the molecule is O=C1c2ccc3c4c(c(-c5cccc6oc7ccccc7c56)cc(c24)C(=O)N1c1cccc2ccccc12)C(=O)N(c1cccc2ccccc12)C3=O. The van der Waals surface area contributed by atoms with Crippen LogP contribution in [0.25, 0.3) is 65.4 Å². The van der Waals surface area contributed by atoms with Gasteiger partial charge in [0.25, 0.3) is 23.6 Å². The Balaban J connectivity index is 1.25. The van der Waals surface area contributed by atoms with E-state index >= 15 is 4.79 Å². The molecule has 1 aromatic heterocycles. The molecule has 0 unspecified atom stereocenters. The summed E-state index contributed by atoms with van der Waals surface area (Å²) in [4.78, 5) is 61.8. The lowest BCUT2D eigenvalue weighted by Crippen LogP contribution is -2.44. The van der Waals surface area contributed by atoms with Crippen LogP contribution < -0.4 is 9.80 Å². The van der Waals surface area contributed by atoms with E-state index in [0.29, 0.717) is 44.4 Å². The van der Waals surface area contributed by atoms with E-state index in [9.17, 15) is 14.4 Å². The summed E-state index contributed by atoms with van der Waals surface area (Å²) in [6, 6.07) is 44.5. The van der Waals surface area contributed by atoms with Crippen molar-refractivity contribution >= 4 is 89.3 Å². The molecule has 9 aromatic rings. The van der Waals surface area contributed by atoms with E-state index < -0.39 is 23.6 Å². The Morgan fingerprint density at radius 3 is 1.55 bits per heavy atom. The van der Waals surface area contributed by atoms with Gasteiger partial charge in [0.15, 0.2) is 0 Å². The summed E-state index contributed by atoms with van der Waals surface area (Å²) in [5, 5.41) is 5.46. The van der Waals surface area contributed by atoms with Crippen LogP contribution in [0.3, 0.4) is 0 Å². The Morgan fingerprint density at radius 1 is 0.358 bits per heavy atom. The molecule has 0 radical (unpaired) electrons. The van der Waals surface area contributed by atoms with E-state index in [2.05, 4.69) is 0 Å². The van der Waals surface area contributed by atoms with E-state index in [1.54, 1.807) is 30.3 Å². The largest absolute Gasteiger partial charge is 0.456 e. The van der Waals surface area contributed by atoms with Gasteiger partial charge in [0.2, 0.25) is 0 Å². The van der Waals surface area contributed by atoms with Crippen LogP contribution in [0.5, 0.6) is 0 Å². The summed E-state index contributed by atoms with van der Waals surface area (Å²) in [5.41, 5.74) is 4.27. The first kappa shape index (κ1) is 29.4. The molecule has 53 heavy (non-hydrogen) atoms. The summed E-state index contributed by atoms with van der Waals surface area (Å²) in [6.07, 6.45) is 0. The number of carbonyl (C=O) groups excluding carboxylic acids is 4. The van der Waals surface area contributed by atoms with Crippen molar-refractivity contribution in [1.82, 2.24) is 0 Å². The van der Waals surface area contributed by atoms with Gasteiger partial charge < -0.3 is 4.42 Å². The summed E-state index contributed by atoms with van der Waals surface area (Å²) < 4.78 is 6.26. The third-order valence-corrected chi connectivity index (χ3v) is 10.7. The van der Waals surface area contributed by atoms with Crippen LogP contribution in [0, 0.1) is 0 Å². The van der Waals surface area contributed by atoms with Gasteiger partial charge >= 0.3 is 0 Å². The van der Waals surface area contributed by atoms with Crippen LogP contribution in [-0.2, 0) is 0 Å². The van der Waals surface area contributed by atoms with Gasteiger partial charge in [0.05, 0.1) is 16.9 Å². The van der Waals surface area contributed by atoms with Gasteiger partial charge in [-0.05, 0) is 64.4 Å². The average molecular weight is 685 g/mol. The predicted molar refractivity (Wildman–Crippen MR) is 207 cm³/mol. The third kappa shape index (κ3) is 3.88. The highest BCUT2D eigenvalue weighted by molar-refractivity contribution is 6.44. The highest BCUT2D eigenvalue weighted by Crippen LogP contribution is 2.47. The number of hydrogen-bond acceptors (Lipinski definition) is 5. The number of imide groups is 2. The molecule has 0 saturated heterocycles.